The fourth-order valence-corrected chi connectivity index (χ4v) is 3.93. The van der Waals surface area contributed by atoms with Gasteiger partial charge in [-0.25, -0.2) is 4.98 Å². The summed E-state index contributed by atoms with van der Waals surface area (Å²) in [5.74, 6) is -0.203. The first-order chi connectivity index (χ1) is 16.2. The zero-order chi connectivity index (χ0) is 24.3. The van der Waals surface area contributed by atoms with Gasteiger partial charge in [0.15, 0.2) is 0 Å². The summed E-state index contributed by atoms with van der Waals surface area (Å²) in [5, 5.41) is 3.17. The number of nitrogens with one attached hydrogen (secondary N) is 1. The van der Waals surface area contributed by atoms with Gasteiger partial charge in [-0.1, -0.05) is 18.2 Å². The average molecular weight is 467 g/mol. The molecule has 5 nitrogen and oxygen atoms in total. The van der Waals surface area contributed by atoms with Gasteiger partial charge in [-0.15, -0.1) is 0 Å². The molecule has 8 heteroatoms. The quantitative estimate of drug-likeness (QED) is 0.493. The van der Waals surface area contributed by atoms with Crippen molar-refractivity contribution in [3.05, 3.63) is 89.4 Å². The van der Waals surface area contributed by atoms with Crippen LogP contribution < -0.4 is 5.32 Å². The van der Waals surface area contributed by atoms with Crippen LogP contribution in [-0.2, 0) is 6.18 Å². The van der Waals surface area contributed by atoms with Gasteiger partial charge in [0.05, 0.1) is 17.3 Å². The molecule has 0 aliphatic carbocycles. The molecule has 0 spiro atoms. The number of halogens is 3. The third kappa shape index (κ3) is 5.27. The molecule has 0 bridgehead atoms. The highest BCUT2D eigenvalue weighted by Crippen LogP contribution is 2.30. The van der Waals surface area contributed by atoms with Crippen molar-refractivity contribution in [1.82, 2.24) is 14.9 Å². The van der Waals surface area contributed by atoms with Gasteiger partial charge < -0.3 is 10.2 Å². The lowest BCUT2D eigenvalue weighted by Crippen LogP contribution is -2.46. The highest BCUT2D eigenvalue weighted by Gasteiger charge is 2.31. The Bertz CT molecular complexity index is 1210. The van der Waals surface area contributed by atoms with Gasteiger partial charge in [0.25, 0.3) is 5.91 Å². The van der Waals surface area contributed by atoms with E-state index in [9.17, 15) is 18.0 Å². The lowest BCUT2D eigenvalue weighted by atomic mass is 10.0. The van der Waals surface area contributed by atoms with E-state index in [4.69, 9.17) is 0 Å². The van der Waals surface area contributed by atoms with E-state index in [0.29, 0.717) is 42.1 Å². The number of carbonyl (C=O) groups is 1. The molecule has 1 aromatic carbocycles. The molecule has 2 aromatic heterocycles. The summed E-state index contributed by atoms with van der Waals surface area (Å²) in [6.45, 7) is 4.55. The van der Waals surface area contributed by atoms with E-state index in [1.165, 1.54) is 12.1 Å². The first-order valence-electron chi connectivity index (χ1n) is 11.0. The third-order valence-corrected chi connectivity index (χ3v) is 5.73. The normalized spacial score (nSPS) is 15.9. The molecule has 4 rings (SSSR count). The van der Waals surface area contributed by atoms with Crippen LogP contribution in [0.5, 0.6) is 0 Å². The Morgan fingerprint density at radius 2 is 1.74 bits per heavy atom. The predicted octanol–water partition coefficient (Wildman–Crippen LogP) is 5.66. The third-order valence-electron chi connectivity index (χ3n) is 5.73. The molecular formula is C26H25F3N4O. The Labute approximate surface area is 196 Å². The number of aromatic nitrogens is 2. The number of anilines is 1. The maximum atomic E-state index is 13.7. The monoisotopic (exact) mass is 466 g/mol. The van der Waals surface area contributed by atoms with Crippen molar-refractivity contribution in [2.24, 2.45) is 0 Å². The Balaban J connectivity index is 1.55. The van der Waals surface area contributed by atoms with Crippen molar-refractivity contribution in [3.63, 3.8) is 0 Å². The number of hydrogen-bond acceptors (Lipinski definition) is 4. The van der Waals surface area contributed by atoms with Gasteiger partial charge in [0.1, 0.15) is 5.69 Å². The molecule has 0 saturated heterocycles. The number of rotatable bonds is 5. The van der Waals surface area contributed by atoms with E-state index < -0.39 is 11.7 Å². The number of pyridine rings is 2. The van der Waals surface area contributed by atoms with Crippen molar-refractivity contribution < 1.29 is 18.0 Å². The van der Waals surface area contributed by atoms with Crippen LogP contribution in [0.15, 0.2) is 66.7 Å². The van der Waals surface area contributed by atoms with E-state index in [1.807, 2.05) is 56.3 Å². The topological polar surface area (TPSA) is 58.1 Å². The maximum absolute atomic E-state index is 13.7. The Kier molecular flexibility index (Phi) is 6.68. The summed E-state index contributed by atoms with van der Waals surface area (Å²) in [4.78, 5) is 24.5. The summed E-state index contributed by atoms with van der Waals surface area (Å²) in [7, 11) is 0. The molecular weight excluding hydrogens is 441 g/mol. The number of alkyl halides is 3. The number of carbonyl (C=O) groups excluding carboxylic acids is 1. The molecule has 3 heterocycles. The first kappa shape index (κ1) is 23.5. The molecule has 34 heavy (non-hydrogen) atoms. The van der Waals surface area contributed by atoms with Crippen LogP contribution in [0.1, 0.15) is 33.9 Å². The van der Waals surface area contributed by atoms with Gasteiger partial charge in [-0.05, 0) is 68.8 Å². The van der Waals surface area contributed by atoms with E-state index in [2.05, 4.69) is 15.3 Å². The van der Waals surface area contributed by atoms with Crippen LogP contribution in [0.3, 0.4) is 0 Å². The molecule has 176 valence electrons. The molecule has 0 radical (unpaired) electrons. The Hall–Kier alpha value is -3.68. The SMILES string of the molecule is Cc1cccc(-c2ccc(C)nc2C(=O)N2CC=CC[C@H]2CNc2ccc(C(F)(F)F)cc2)n1. The Morgan fingerprint density at radius 1 is 1.00 bits per heavy atom. The standard InChI is InChI=1S/C26H25F3N4O/c1-17-6-5-8-23(31-17)22-14-9-18(2)32-24(22)25(34)33-15-4-3-7-21(33)16-30-20-12-10-19(11-13-20)26(27,28)29/h3-6,8-14,21,30H,7,15-16H2,1-2H3/t21-/m0/s1. The molecule has 1 aliphatic rings. The fraction of sp³-hybridized carbons (Fsp3) is 0.269. The number of aryl methyl sites for hydroxylation is 2. The smallest absolute Gasteiger partial charge is 0.383 e. The molecule has 1 atom stereocenters. The van der Waals surface area contributed by atoms with Gasteiger partial charge in [-0.2, -0.15) is 13.2 Å². The van der Waals surface area contributed by atoms with Crippen molar-refractivity contribution in [3.8, 4) is 11.3 Å². The molecule has 1 aliphatic heterocycles. The lowest BCUT2D eigenvalue weighted by molar-refractivity contribution is -0.137. The number of hydrogen-bond donors (Lipinski definition) is 1. The van der Waals surface area contributed by atoms with E-state index in [0.717, 1.165) is 23.5 Å². The second-order valence-corrected chi connectivity index (χ2v) is 8.29. The van der Waals surface area contributed by atoms with Crippen LogP contribution >= 0.6 is 0 Å². The molecule has 0 unspecified atom stereocenters. The van der Waals surface area contributed by atoms with Crippen LogP contribution in [0, 0.1) is 13.8 Å². The van der Waals surface area contributed by atoms with E-state index in [1.54, 1.807) is 4.90 Å². The van der Waals surface area contributed by atoms with E-state index >= 15 is 0 Å². The molecule has 3 aromatic rings. The van der Waals surface area contributed by atoms with E-state index in [-0.39, 0.29) is 11.9 Å². The fourth-order valence-electron chi connectivity index (χ4n) is 3.93. The summed E-state index contributed by atoms with van der Waals surface area (Å²) in [6.07, 6.45) is 0.201. The van der Waals surface area contributed by atoms with Crippen LogP contribution in [-0.4, -0.2) is 39.9 Å². The largest absolute Gasteiger partial charge is 0.416 e. The summed E-state index contributed by atoms with van der Waals surface area (Å²) < 4.78 is 38.5. The molecule has 1 N–H and O–H groups in total. The van der Waals surface area contributed by atoms with Crippen LogP contribution in [0.2, 0.25) is 0 Å². The average Bonchev–Trinajstić information content (AvgIpc) is 2.82. The summed E-state index contributed by atoms with van der Waals surface area (Å²) in [5.41, 5.74) is 3.13. The van der Waals surface area contributed by atoms with Gasteiger partial charge >= 0.3 is 6.18 Å². The lowest BCUT2D eigenvalue weighted by Gasteiger charge is -2.33. The van der Waals surface area contributed by atoms with Gasteiger partial charge in [-0.3, -0.25) is 9.78 Å². The van der Waals surface area contributed by atoms with Gasteiger partial charge in [0, 0.05) is 35.7 Å². The van der Waals surface area contributed by atoms with Crippen molar-refractivity contribution in [2.75, 3.05) is 18.4 Å². The highest BCUT2D eigenvalue weighted by atomic mass is 19.4. The second-order valence-electron chi connectivity index (χ2n) is 8.29. The summed E-state index contributed by atoms with van der Waals surface area (Å²) in [6, 6.07) is 14.1. The minimum absolute atomic E-state index is 0.180. The minimum atomic E-state index is -4.37. The van der Waals surface area contributed by atoms with Crippen LogP contribution in [0.25, 0.3) is 11.3 Å². The zero-order valence-electron chi connectivity index (χ0n) is 18.9. The zero-order valence-corrected chi connectivity index (χ0v) is 18.9. The van der Waals surface area contributed by atoms with Gasteiger partial charge in [0.2, 0.25) is 0 Å². The summed E-state index contributed by atoms with van der Waals surface area (Å²) >= 11 is 0. The number of amides is 1. The van der Waals surface area contributed by atoms with Crippen molar-refractivity contribution >= 4 is 11.6 Å². The molecule has 0 fully saturated rings. The minimum Gasteiger partial charge on any atom is -0.383 e. The number of nitrogens with zero attached hydrogens (tertiary/aromatic N) is 3. The molecule has 1 amide bonds. The Morgan fingerprint density at radius 3 is 2.44 bits per heavy atom. The van der Waals surface area contributed by atoms with Crippen molar-refractivity contribution in [2.45, 2.75) is 32.5 Å². The van der Waals surface area contributed by atoms with Crippen molar-refractivity contribution in [1.29, 1.82) is 0 Å². The first-order valence-corrected chi connectivity index (χ1v) is 11.0. The highest BCUT2D eigenvalue weighted by molar-refractivity contribution is 5.99. The maximum Gasteiger partial charge on any atom is 0.416 e. The molecule has 0 saturated carbocycles. The second kappa shape index (κ2) is 9.67. The predicted molar refractivity (Wildman–Crippen MR) is 125 cm³/mol. The van der Waals surface area contributed by atoms with Crippen LogP contribution in [0.4, 0.5) is 18.9 Å². The number of benzene rings is 1.